The number of guanidine groups is 1. The van der Waals surface area contributed by atoms with E-state index in [4.69, 9.17) is 0 Å². The van der Waals surface area contributed by atoms with Gasteiger partial charge in [0.05, 0.1) is 13.1 Å². The largest absolute Gasteiger partial charge is 0.357 e. The van der Waals surface area contributed by atoms with Crippen molar-refractivity contribution in [3.63, 3.8) is 0 Å². The summed E-state index contributed by atoms with van der Waals surface area (Å²) < 4.78 is 1.93. The Morgan fingerprint density at radius 1 is 1.13 bits per heavy atom. The number of aromatic nitrogens is 2. The van der Waals surface area contributed by atoms with Crippen molar-refractivity contribution in [3.8, 4) is 0 Å². The minimum absolute atomic E-state index is 0. The second-order valence-corrected chi connectivity index (χ2v) is 5.09. The molecule has 126 valence electrons. The van der Waals surface area contributed by atoms with Gasteiger partial charge in [-0.15, -0.1) is 24.0 Å². The highest BCUT2D eigenvalue weighted by molar-refractivity contribution is 14.0. The summed E-state index contributed by atoms with van der Waals surface area (Å²) in [6.07, 6.45) is 4.87. The predicted octanol–water partition coefficient (Wildman–Crippen LogP) is 3.01. The molecule has 5 nitrogen and oxygen atoms in total. The molecule has 2 aromatic rings. The third-order valence-electron chi connectivity index (χ3n) is 3.30. The van der Waals surface area contributed by atoms with Crippen LogP contribution in [0, 0.1) is 0 Å². The quantitative estimate of drug-likeness (QED) is 0.406. The van der Waals surface area contributed by atoms with Crippen LogP contribution >= 0.6 is 24.0 Å². The first kappa shape index (κ1) is 19.5. The van der Waals surface area contributed by atoms with Crippen molar-refractivity contribution in [1.29, 1.82) is 0 Å². The molecule has 0 unspecified atom stereocenters. The van der Waals surface area contributed by atoms with Crippen LogP contribution in [0.5, 0.6) is 0 Å². The van der Waals surface area contributed by atoms with Crippen LogP contribution in [0.4, 0.5) is 0 Å². The van der Waals surface area contributed by atoms with Crippen LogP contribution in [-0.2, 0) is 13.1 Å². The minimum atomic E-state index is 0. The molecule has 0 saturated heterocycles. The van der Waals surface area contributed by atoms with Crippen molar-refractivity contribution in [1.82, 2.24) is 20.4 Å². The maximum Gasteiger partial charge on any atom is 0.191 e. The first-order valence-electron chi connectivity index (χ1n) is 7.89. The third-order valence-corrected chi connectivity index (χ3v) is 3.30. The van der Waals surface area contributed by atoms with Gasteiger partial charge < -0.3 is 10.6 Å². The minimum Gasteiger partial charge on any atom is -0.357 e. The lowest BCUT2D eigenvalue weighted by Gasteiger charge is -2.12. The van der Waals surface area contributed by atoms with E-state index in [0.29, 0.717) is 6.54 Å². The Morgan fingerprint density at radius 3 is 2.57 bits per heavy atom. The van der Waals surface area contributed by atoms with Gasteiger partial charge in [0.15, 0.2) is 5.96 Å². The molecule has 23 heavy (non-hydrogen) atoms. The van der Waals surface area contributed by atoms with Crippen molar-refractivity contribution in [2.75, 3.05) is 13.1 Å². The molecular weight excluding hydrogens is 401 g/mol. The van der Waals surface area contributed by atoms with Crippen molar-refractivity contribution < 1.29 is 0 Å². The van der Waals surface area contributed by atoms with Crippen LogP contribution in [0.25, 0.3) is 0 Å². The highest BCUT2D eigenvalue weighted by Gasteiger charge is 2.03. The molecular formula is C17H26IN5. The molecule has 6 heteroatoms. The Labute approximate surface area is 155 Å². The van der Waals surface area contributed by atoms with Crippen LogP contribution in [0.3, 0.4) is 0 Å². The summed E-state index contributed by atoms with van der Waals surface area (Å²) in [5, 5.41) is 10.9. The second kappa shape index (κ2) is 11.0. The highest BCUT2D eigenvalue weighted by Crippen LogP contribution is 2.11. The Kier molecular flexibility index (Phi) is 9.35. The van der Waals surface area contributed by atoms with E-state index in [1.807, 2.05) is 16.9 Å². The van der Waals surface area contributed by atoms with Crippen LogP contribution in [0.15, 0.2) is 47.7 Å². The van der Waals surface area contributed by atoms with Crippen LogP contribution in [0.1, 0.15) is 31.4 Å². The number of nitrogens with one attached hydrogen (secondary N) is 2. The summed E-state index contributed by atoms with van der Waals surface area (Å²) >= 11 is 0. The van der Waals surface area contributed by atoms with Gasteiger partial charge in [-0.25, -0.2) is 4.99 Å². The number of hydrogen-bond donors (Lipinski definition) is 2. The van der Waals surface area contributed by atoms with Gasteiger partial charge in [-0.2, -0.15) is 5.10 Å². The zero-order chi connectivity index (χ0) is 15.6. The van der Waals surface area contributed by atoms with E-state index in [0.717, 1.165) is 32.0 Å². The summed E-state index contributed by atoms with van der Waals surface area (Å²) in [4.78, 5) is 4.68. The molecule has 1 aromatic carbocycles. The zero-order valence-electron chi connectivity index (χ0n) is 13.8. The first-order chi connectivity index (χ1) is 10.8. The van der Waals surface area contributed by atoms with Gasteiger partial charge in [0, 0.05) is 25.5 Å². The molecule has 0 aliphatic rings. The summed E-state index contributed by atoms with van der Waals surface area (Å²) in [6.45, 7) is 7.46. The fourth-order valence-electron chi connectivity index (χ4n) is 2.18. The first-order valence-corrected chi connectivity index (χ1v) is 7.89. The van der Waals surface area contributed by atoms with Crippen LogP contribution in [0.2, 0.25) is 0 Å². The zero-order valence-corrected chi connectivity index (χ0v) is 16.2. The Morgan fingerprint density at radius 2 is 1.91 bits per heavy atom. The van der Waals surface area contributed by atoms with Gasteiger partial charge in [0.25, 0.3) is 0 Å². The van der Waals surface area contributed by atoms with E-state index in [1.54, 1.807) is 6.20 Å². The molecule has 0 spiro atoms. The van der Waals surface area contributed by atoms with E-state index < -0.39 is 0 Å². The van der Waals surface area contributed by atoms with Gasteiger partial charge in [-0.1, -0.05) is 31.2 Å². The summed E-state index contributed by atoms with van der Waals surface area (Å²) in [5.74, 6) is 0.873. The molecule has 0 amide bonds. The molecule has 0 saturated carbocycles. The maximum atomic E-state index is 4.68. The summed E-state index contributed by atoms with van der Waals surface area (Å²) in [7, 11) is 0. The lowest BCUT2D eigenvalue weighted by atomic mass is 10.1. The van der Waals surface area contributed by atoms with Crippen molar-refractivity contribution in [3.05, 3.63) is 53.9 Å². The lowest BCUT2D eigenvalue weighted by Crippen LogP contribution is -2.37. The molecule has 1 aromatic heterocycles. The van der Waals surface area contributed by atoms with E-state index in [-0.39, 0.29) is 24.0 Å². The fourth-order valence-corrected chi connectivity index (χ4v) is 2.18. The molecule has 0 radical (unpaired) electrons. The van der Waals surface area contributed by atoms with Crippen molar-refractivity contribution in [2.24, 2.45) is 4.99 Å². The molecule has 0 atom stereocenters. The Balaban J connectivity index is 0.00000264. The van der Waals surface area contributed by atoms with Crippen molar-refractivity contribution >= 4 is 29.9 Å². The molecule has 0 aliphatic carbocycles. The number of halogens is 1. The molecule has 1 heterocycles. The average molecular weight is 427 g/mol. The normalized spacial score (nSPS) is 11.0. The maximum absolute atomic E-state index is 4.68. The summed E-state index contributed by atoms with van der Waals surface area (Å²) in [5.41, 5.74) is 2.48. The molecule has 2 N–H and O–H groups in total. The number of aliphatic imine (C=N–C) groups is 1. The molecule has 0 aliphatic heterocycles. The standard InChI is InChI=1S/C17H25N5.HI/c1-3-10-19-17(18-4-2)20-13-15-8-5-6-9-16(15)14-22-12-7-11-21-22;/h5-9,11-12H,3-4,10,13-14H2,1-2H3,(H2,18,19,20);1H. The van der Waals surface area contributed by atoms with Gasteiger partial charge in [-0.3, -0.25) is 4.68 Å². The number of rotatable bonds is 7. The van der Waals surface area contributed by atoms with E-state index in [9.17, 15) is 0 Å². The van der Waals surface area contributed by atoms with E-state index >= 15 is 0 Å². The van der Waals surface area contributed by atoms with Gasteiger partial charge in [0.2, 0.25) is 0 Å². The fraction of sp³-hybridized carbons (Fsp3) is 0.412. The lowest BCUT2D eigenvalue weighted by molar-refractivity contribution is 0.680. The van der Waals surface area contributed by atoms with E-state index in [1.165, 1.54) is 11.1 Å². The molecule has 2 rings (SSSR count). The van der Waals surface area contributed by atoms with Gasteiger partial charge in [0.1, 0.15) is 0 Å². The van der Waals surface area contributed by atoms with Crippen LogP contribution < -0.4 is 10.6 Å². The highest BCUT2D eigenvalue weighted by atomic mass is 127. The number of benzene rings is 1. The van der Waals surface area contributed by atoms with Gasteiger partial charge in [-0.05, 0) is 30.5 Å². The summed E-state index contributed by atoms with van der Waals surface area (Å²) in [6, 6.07) is 10.3. The van der Waals surface area contributed by atoms with E-state index in [2.05, 4.69) is 58.8 Å². The monoisotopic (exact) mass is 427 g/mol. The SMILES string of the molecule is CCCNC(=NCc1ccccc1Cn1cccn1)NCC.I. The predicted molar refractivity (Wildman–Crippen MR) is 106 cm³/mol. The smallest absolute Gasteiger partial charge is 0.191 e. The second-order valence-electron chi connectivity index (χ2n) is 5.09. The van der Waals surface area contributed by atoms with Gasteiger partial charge >= 0.3 is 0 Å². The van der Waals surface area contributed by atoms with Crippen molar-refractivity contribution in [2.45, 2.75) is 33.4 Å². The molecule has 0 fully saturated rings. The molecule has 0 bridgehead atoms. The van der Waals surface area contributed by atoms with Crippen LogP contribution in [-0.4, -0.2) is 28.8 Å². The third kappa shape index (κ3) is 6.60. The Bertz CT molecular complexity index is 580. The number of hydrogen-bond acceptors (Lipinski definition) is 2. The Hall–Kier alpha value is -1.57. The number of nitrogens with zero attached hydrogens (tertiary/aromatic N) is 3. The topological polar surface area (TPSA) is 54.2 Å². The average Bonchev–Trinajstić information content (AvgIpc) is 3.04.